The number of nitrogens with one attached hydrogen (secondary N) is 1. The zero-order valence-corrected chi connectivity index (χ0v) is 9.55. The molecule has 0 aromatic heterocycles. The van der Waals surface area contributed by atoms with Gasteiger partial charge in [-0.05, 0) is 56.0 Å². The predicted octanol–water partition coefficient (Wildman–Crippen LogP) is 2.30. The zero-order valence-electron chi connectivity index (χ0n) is 9.55. The number of hydrogen-bond donors (Lipinski definition) is 1. The second-order valence-corrected chi connectivity index (χ2v) is 4.36. The molecule has 15 heavy (non-hydrogen) atoms. The number of benzene rings is 1. The Morgan fingerprint density at radius 2 is 2.27 bits per heavy atom. The summed E-state index contributed by atoms with van der Waals surface area (Å²) in [5.41, 5.74) is 2.66. The van der Waals surface area contributed by atoms with Crippen LogP contribution in [0.2, 0.25) is 0 Å². The van der Waals surface area contributed by atoms with E-state index in [1.54, 1.807) is 7.11 Å². The van der Waals surface area contributed by atoms with Crippen LogP contribution in [0.25, 0.3) is 0 Å². The van der Waals surface area contributed by atoms with Crippen LogP contribution < -0.4 is 10.1 Å². The highest BCUT2D eigenvalue weighted by Gasteiger charge is 2.14. The Morgan fingerprint density at radius 3 is 2.93 bits per heavy atom. The van der Waals surface area contributed by atoms with E-state index < -0.39 is 0 Å². The molecule has 0 spiro atoms. The molecule has 0 amide bonds. The van der Waals surface area contributed by atoms with Gasteiger partial charge in [0.2, 0.25) is 0 Å². The maximum Gasteiger partial charge on any atom is 0.119 e. The third kappa shape index (κ3) is 2.72. The maximum absolute atomic E-state index is 5.28. The summed E-state index contributed by atoms with van der Waals surface area (Å²) in [5, 5.41) is 3.52. The first-order valence-electron chi connectivity index (χ1n) is 5.66. The average molecular weight is 205 g/mol. The van der Waals surface area contributed by atoms with Gasteiger partial charge in [0.1, 0.15) is 5.75 Å². The van der Waals surface area contributed by atoms with Crippen molar-refractivity contribution >= 4 is 0 Å². The van der Waals surface area contributed by atoms with Crippen molar-refractivity contribution in [2.24, 2.45) is 0 Å². The molecule has 2 rings (SSSR count). The molecule has 1 N–H and O–H groups in total. The van der Waals surface area contributed by atoms with Crippen LogP contribution in [-0.4, -0.2) is 19.7 Å². The zero-order chi connectivity index (χ0) is 10.7. The summed E-state index contributed by atoms with van der Waals surface area (Å²) in [6.07, 6.45) is 3.74. The van der Waals surface area contributed by atoms with Crippen LogP contribution in [0.1, 0.15) is 24.0 Å². The van der Waals surface area contributed by atoms with E-state index in [9.17, 15) is 0 Å². The van der Waals surface area contributed by atoms with E-state index in [0.717, 1.165) is 12.2 Å². The van der Waals surface area contributed by atoms with Gasteiger partial charge in [-0.2, -0.15) is 0 Å². The van der Waals surface area contributed by atoms with Gasteiger partial charge in [-0.25, -0.2) is 0 Å². The van der Waals surface area contributed by atoms with E-state index in [1.165, 1.54) is 30.5 Å². The number of methoxy groups -OCH3 is 1. The molecule has 1 aliphatic rings. The van der Waals surface area contributed by atoms with Crippen molar-refractivity contribution in [3.05, 3.63) is 29.3 Å². The molecule has 1 aromatic carbocycles. The van der Waals surface area contributed by atoms with Gasteiger partial charge in [0.15, 0.2) is 0 Å². The summed E-state index contributed by atoms with van der Waals surface area (Å²) in [5.74, 6) is 0.975. The monoisotopic (exact) mass is 205 g/mol. The van der Waals surface area contributed by atoms with Gasteiger partial charge in [-0.15, -0.1) is 0 Å². The second kappa shape index (κ2) is 4.67. The smallest absolute Gasteiger partial charge is 0.119 e. The van der Waals surface area contributed by atoms with Gasteiger partial charge < -0.3 is 10.1 Å². The molecule has 1 atom stereocenters. The molecular formula is C13H19NO. The van der Waals surface area contributed by atoms with Gasteiger partial charge in [0.25, 0.3) is 0 Å². The van der Waals surface area contributed by atoms with Gasteiger partial charge in [-0.1, -0.05) is 6.07 Å². The Balaban J connectivity index is 2.09. The molecule has 1 aromatic rings. The Morgan fingerprint density at radius 1 is 1.40 bits per heavy atom. The minimum Gasteiger partial charge on any atom is -0.497 e. The number of ether oxygens (including phenoxy) is 1. The molecule has 2 heteroatoms. The summed E-state index contributed by atoms with van der Waals surface area (Å²) < 4.78 is 5.28. The van der Waals surface area contributed by atoms with Crippen molar-refractivity contribution in [1.82, 2.24) is 5.32 Å². The Bertz CT molecular complexity index is 329. The summed E-state index contributed by atoms with van der Waals surface area (Å²) in [6, 6.07) is 7.14. The predicted molar refractivity (Wildman–Crippen MR) is 62.5 cm³/mol. The summed E-state index contributed by atoms with van der Waals surface area (Å²) in [4.78, 5) is 0. The van der Waals surface area contributed by atoms with Gasteiger partial charge >= 0.3 is 0 Å². The average Bonchev–Trinajstić information content (AvgIpc) is 2.69. The van der Waals surface area contributed by atoms with Crippen LogP contribution in [0.15, 0.2) is 18.2 Å². The topological polar surface area (TPSA) is 21.3 Å². The highest BCUT2D eigenvalue weighted by atomic mass is 16.5. The van der Waals surface area contributed by atoms with Crippen molar-refractivity contribution in [3.63, 3.8) is 0 Å². The van der Waals surface area contributed by atoms with Crippen molar-refractivity contribution in [2.45, 2.75) is 32.2 Å². The lowest BCUT2D eigenvalue weighted by Gasteiger charge is -2.12. The third-order valence-electron chi connectivity index (χ3n) is 2.99. The van der Waals surface area contributed by atoms with Crippen LogP contribution in [0.5, 0.6) is 5.75 Å². The quantitative estimate of drug-likeness (QED) is 0.817. The van der Waals surface area contributed by atoms with Crippen molar-refractivity contribution in [2.75, 3.05) is 13.7 Å². The van der Waals surface area contributed by atoms with E-state index in [2.05, 4.69) is 30.4 Å². The lowest BCUT2D eigenvalue weighted by molar-refractivity contribution is 0.413. The van der Waals surface area contributed by atoms with Crippen LogP contribution >= 0.6 is 0 Å². The summed E-state index contributed by atoms with van der Waals surface area (Å²) >= 11 is 0. The minimum atomic E-state index is 0.663. The van der Waals surface area contributed by atoms with Gasteiger partial charge in [0, 0.05) is 6.04 Å². The SMILES string of the molecule is COc1cc(C)cc(CC2CCCN2)c1. The molecule has 1 aliphatic heterocycles. The lowest BCUT2D eigenvalue weighted by atomic mass is 10.0. The second-order valence-electron chi connectivity index (χ2n) is 4.36. The number of hydrogen-bond acceptors (Lipinski definition) is 2. The largest absolute Gasteiger partial charge is 0.497 e. The Hall–Kier alpha value is -1.02. The van der Waals surface area contributed by atoms with Gasteiger partial charge in [0.05, 0.1) is 7.11 Å². The van der Waals surface area contributed by atoms with E-state index in [0.29, 0.717) is 6.04 Å². The van der Waals surface area contributed by atoms with Gasteiger partial charge in [-0.3, -0.25) is 0 Å². The molecule has 1 heterocycles. The highest BCUT2D eigenvalue weighted by Crippen LogP contribution is 2.19. The molecule has 1 fully saturated rings. The van der Waals surface area contributed by atoms with E-state index in [-0.39, 0.29) is 0 Å². The normalized spacial score (nSPS) is 20.5. The molecule has 0 radical (unpaired) electrons. The third-order valence-corrected chi connectivity index (χ3v) is 2.99. The molecule has 1 saturated heterocycles. The molecular weight excluding hydrogens is 186 g/mol. The van der Waals surface area contributed by atoms with Crippen LogP contribution in [0.4, 0.5) is 0 Å². The molecule has 0 aliphatic carbocycles. The molecule has 0 saturated carbocycles. The van der Waals surface area contributed by atoms with Crippen LogP contribution in [0.3, 0.4) is 0 Å². The Labute approximate surface area is 91.6 Å². The fourth-order valence-corrected chi connectivity index (χ4v) is 2.28. The fraction of sp³-hybridized carbons (Fsp3) is 0.538. The lowest BCUT2D eigenvalue weighted by Crippen LogP contribution is -2.23. The van der Waals surface area contributed by atoms with E-state index in [4.69, 9.17) is 4.74 Å². The summed E-state index contributed by atoms with van der Waals surface area (Å²) in [7, 11) is 1.73. The van der Waals surface area contributed by atoms with Crippen molar-refractivity contribution in [3.8, 4) is 5.75 Å². The first kappa shape index (κ1) is 10.5. The number of aryl methyl sites for hydroxylation is 1. The maximum atomic E-state index is 5.28. The molecule has 82 valence electrons. The molecule has 1 unspecified atom stereocenters. The van der Waals surface area contributed by atoms with E-state index in [1.807, 2.05) is 0 Å². The minimum absolute atomic E-state index is 0.663. The van der Waals surface area contributed by atoms with Crippen LogP contribution in [0, 0.1) is 6.92 Å². The molecule has 0 bridgehead atoms. The van der Waals surface area contributed by atoms with Crippen molar-refractivity contribution < 1.29 is 4.74 Å². The standard InChI is InChI=1S/C13H19NO/c1-10-6-11(9-13(7-10)15-2)8-12-4-3-5-14-12/h6-7,9,12,14H,3-5,8H2,1-2H3. The van der Waals surface area contributed by atoms with E-state index >= 15 is 0 Å². The molecule has 2 nitrogen and oxygen atoms in total. The van der Waals surface area contributed by atoms with Crippen LogP contribution in [-0.2, 0) is 6.42 Å². The summed E-state index contributed by atoms with van der Waals surface area (Å²) in [6.45, 7) is 3.29. The first-order chi connectivity index (χ1) is 7.28. The fourth-order valence-electron chi connectivity index (χ4n) is 2.28. The Kier molecular flexibility index (Phi) is 3.27. The first-order valence-corrected chi connectivity index (χ1v) is 5.66. The van der Waals surface area contributed by atoms with Crippen molar-refractivity contribution in [1.29, 1.82) is 0 Å². The highest BCUT2D eigenvalue weighted by molar-refractivity contribution is 5.34. The number of rotatable bonds is 3.